The average Bonchev–Trinajstić information content (AvgIpc) is 3.26. The van der Waals surface area contributed by atoms with Crippen LogP contribution in [0, 0.1) is 0 Å². The molecule has 4 rings (SSSR count). The zero-order chi connectivity index (χ0) is 14.9. The van der Waals surface area contributed by atoms with E-state index in [1.54, 1.807) is 23.5 Å². The Morgan fingerprint density at radius 1 is 1.23 bits per heavy atom. The normalized spacial score (nSPS) is 14.3. The number of para-hydroxylation sites is 1. The molecule has 0 atom stereocenters. The largest absolute Gasteiger partial charge is 0.448 e. The molecule has 0 aliphatic carbocycles. The number of hydrogen-bond donors (Lipinski definition) is 1. The Kier molecular flexibility index (Phi) is 3.44. The minimum absolute atomic E-state index is 0.268. The number of amidine groups is 1. The average molecular weight is 329 g/mol. The van der Waals surface area contributed by atoms with Crippen LogP contribution in [0.3, 0.4) is 0 Å². The molecule has 5 nitrogen and oxygen atoms in total. The Bertz CT molecular complexity index is 849. The first-order chi connectivity index (χ1) is 10.8. The summed E-state index contributed by atoms with van der Waals surface area (Å²) in [6.45, 7) is 0.745. The van der Waals surface area contributed by atoms with E-state index in [0.29, 0.717) is 10.9 Å². The van der Waals surface area contributed by atoms with Crippen molar-refractivity contribution in [3.8, 4) is 10.8 Å². The van der Waals surface area contributed by atoms with Crippen LogP contribution in [-0.2, 0) is 0 Å². The second-order valence-electron chi connectivity index (χ2n) is 4.64. The van der Waals surface area contributed by atoms with Crippen LogP contribution in [-0.4, -0.2) is 28.4 Å². The quantitative estimate of drug-likeness (QED) is 0.782. The van der Waals surface area contributed by atoms with Crippen molar-refractivity contribution in [3.63, 3.8) is 0 Å². The van der Waals surface area contributed by atoms with Gasteiger partial charge < -0.3 is 4.42 Å². The second-order valence-corrected chi connectivity index (χ2v) is 6.75. The molecule has 1 aliphatic rings. The minimum Gasteiger partial charge on any atom is -0.448 e. The molecule has 0 saturated heterocycles. The number of fused-ring (bicyclic) bond motifs is 1. The van der Waals surface area contributed by atoms with E-state index in [4.69, 9.17) is 4.42 Å². The molecule has 0 spiro atoms. The van der Waals surface area contributed by atoms with E-state index >= 15 is 0 Å². The molecule has 3 aromatic rings. The van der Waals surface area contributed by atoms with Crippen LogP contribution in [0.4, 0.5) is 0 Å². The van der Waals surface area contributed by atoms with Crippen LogP contribution in [0.25, 0.3) is 21.0 Å². The minimum atomic E-state index is -0.277. The van der Waals surface area contributed by atoms with Gasteiger partial charge in [-0.3, -0.25) is 15.1 Å². The number of aliphatic imine (C=N–C) groups is 1. The molecule has 0 saturated carbocycles. The maximum atomic E-state index is 12.1. The molecule has 3 heterocycles. The molecule has 0 radical (unpaired) electrons. The number of benzene rings is 1. The monoisotopic (exact) mass is 329 g/mol. The molecule has 22 heavy (non-hydrogen) atoms. The topological polar surface area (TPSA) is 67.5 Å². The molecule has 0 unspecified atom stereocenters. The fourth-order valence-corrected chi connectivity index (χ4v) is 3.77. The van der Waals surface area contributed by atoms with Crippen LogP contribution >= 0.6 is 23.1 Å². The second kappa shape index (κ2) is 5.58. The molecule has 1 N–H and O–H groups in total. The van der Waals surface area contributed by atoms with Crippen LogP contribution in [0.2, 0.25) is 0 Å². The van der Waals surface area contributed by atoms with Crippen LogP contribution in [0.15, 0.2) is 45.8 Å². The lowest BCUT2D eigenvalue weighted by molar-refractivity contribution is 0.0952. The summed E-state index contributed by atoms with van der Waals surface area (Å²) >= 11 is 3.08. The Balaban J connectivity index is 1.59. The summed E-state index contributed by atoms with van der Waals surface area (Å²) in [5.41, 5.74) is 0.932. The molecule has 0 fully saturated rings. The first kappa shape index (κ1) is 13.5. The van der Waals surface area contributed by atoms with Crippen LogP contribution in [0.5, 0.6) is 0 Å². The summed E-state index contributed by atoms with van der Waals surface area (Å²) in [5, 5.41) is 4.18. The summed E-state index contributed by atoms with van der Waals surface area (Å²) < 4.78 is 6.74. The van der Waals surface area contributed by atoms with Gasteiger partial charge in [-0.25, -0.2) is 4.98 Å². The fraction of sp³-hybridized carbons (Fsp3) is 0.133. The highest BCUT2D eigenvalue weighted by molar-refractivity contribution is 8.14. The Morgan fingerprint density at radius 3 is 2.95 bits per heavy atom. The lowest BCUT2D eigenvalue weighted by Gasteiger charge is -2.00. The van der Waals surface area contributed by atoms with Gasteiger partial charge in [0.1, 0.15) is 0 Å². The first-order valence-electron chi connectivity index (χ1n) is 6.74. The maximum absolute atomic E-state index is 12.1. The van der Waals surface area contributed by atoms with E-state index in [2.05, 4.69) is 15.3 Å². The van der Waals surface area contributed by atoms with Gasteiger partial charge in [0.05, 0.1) is 16.8 Å². The lowest BCUT2D eigenvalue weighted by atomic mass is 10.3. The number of carbonyl (C=O) groups excluding carboxylic acids is 1. The zero-order valence-corrected chi connectivity index (χ0v) is 13.0. The number of carbonyl (C=O) groups is 1. The zero-order valence-electron chi connectivity index (χ0n) is 11.4. The molecule has 7 heteroatoms. The molecule has 110 valence electrons. The number of thiazole rings is 1. The van der Waals surface area contributed by atoms with Gasteiger partial charge in [0.2, 0.25) is 0 Å². The van der Waals surface area contributed by atoms with Gasteiger partial charge in [-0.15, -0.1) is 11.3 Å². The maximum Gasteiger partial charge on any atom is 0.292 e. The van der Waals surface area contributed by atoms with E-state index in [0.717, 1.165) is 27.5 Å². The number of amides is 1. The number of furan rings is 1. The molecule has 1 aliphatic heterocycles. The van der Waals surface area contributed by atoms with Crippen molar-refractivity contribution in [2.75, 3.05) is 12.3 Å². The standard InChI is InChI=1S/C15H11N3O2S2/c19-13(18-15-16-7-8-21-15)10-5-6-11(20-10)14-17-9-3-1-2-4-12(9)22-14/h1-6H,7-8H2,(H,16,18,19). The molecule has 1 amide bonds. The highest BCUT2D eigenvalue weighted by Gasteiger charge is 2.17. The van der Waals surface area contributed by atoms with E-state index in [9.17, 15) is 4.79 Å². The van der Waals surface area contributed by atoms with Crippen molar-refractivity contribution in [1.29, 1.82) is 0 Å². The summed E-state index contributed by atoms with van der Waals surface area (Å²) in [7, 11) is 0. The van der Waals surface area contributed by atoms with Crippen molar-refractivity contribution in [1.82, 2.24) is 10.3 Å². The Labute approximate surface area is 134 Å². The van der Waals surface area contributed by atoms with Gasteiger partial charge in [0.15, 0.2) is 21.7 Å². The van der Waals surface area contributed by atoms with E-state index < -0.39 is 0 Å². The van der Waals surface area contributed by atoms with Gasteiger partial charge >= 0.3 is 0 Å². The van der Waals surface area contributed by atoms with Gasteiger partial charge in [0.25, 0.3) is 5.91 Å². The summed E-state index contributed by atoms with van der Waals surface area (Å²) in [6.07, 6.45) is 0. The third-order valence-electron chi connectivity index (χ3n) is 3.14. The number of hydrogen-bond acceptors (Lipinski definition) is 6. The van der Waals surface area contributed by atoms with Gasteiger partial charge in [-0.2, -0.15) is 0 Å². The lowest BCUT2D eigenvalue weighted by Crippen LogP contribution is -2.26. The summed E-state index contributed by atoms with van der Waals surface area (Å²) in [4.78, 5) is 20.8. The van der Waals surface area contributed by atoms with Gasteiger partial charge in [0, 0.05) is 5.75 Å². The van der Waals surface area contributed by atoms with Crippen molar-refractivity contribution in [3.05, 3.63) is 42.2 Å². The predicted octanol–water partition coefficient (Wildman–Crippen LogP) is 3.39. The third-order valence-corrected chi connectivity index (χ3v) is 5.08. The number of aromatic nitrogens is 1. The highest BCUT2D eigenvalue weighted by atomic mass is 32.2. The number of nitrogens with one attached hydrogen (secondary N) is 1. The molecule has 2 aromatic heterocycles. The SMILES string of the molecule is O=C(NC1=NCCS1)c1ccc(-c2nc3ccccc3s2)o1. The van der Waals surface area contributed by atoms with E-state index in [-0.39, 0.29) is 11.7 Å². The van der Waals surface area contributed by atoms with E-state index in [1.165, 1.54) is 11.8 Å². The van der Waals surface area contributed by atoms with Crippen molar-refractivity contribution in [2.45, 2.75) is 0 Å². The van der Waals surface area contributed by atoms with Crippen molar-refractivity contribution < 1.29 is 9.21 Å². The molecular weight excluding hydrogens is 318 g/mol. The van der Waals surface area contributed by atoms with Crippen LogP contribution in [0.1, 0.15) is 10.6 Å². The fourth-order valence-electron chi connectivity index (χ4n) is 2.12. The summed E-state index contributed by atoms with van der Waals surface area (Å²) in [5.74, 6) is 1.50. The smallest absolute Gasteiger partial charge is 0.292 e. The third kappa shape index (κ3) is 2.53. The molecule has 1 aromatic carbocycles. The van der Waals surface area contributed by atoms with Gasteiger partial charge in [-0.1, -0.05) is 23.9 Å². The number of thioether (sulfide) groups is 1. The Morgan fingerprint density at radius 2 is 2.14 bits per heavy atom. The van der Waals surface area contributed by atoms with Crippen molar-refractivity contribution in [2.24, 2.45) is 4.99 Å². The summed E-state index contributed by atoms with van der Waals surface area (Å²) in [6, 6.07) is 11.3. The predicted molar refractivity (Wildman–Crippen MR) is 89.5 cm³/mol. The van der Waals surface area contributed by atoms with Gasteiger partial charge in [-0.05, 0) is 24.3 Å². The molecular formula is C15H11N3O2S2. The number of nitrogens with zero attached hydrogens (tertiary/aromatic N) is 2. The number of rotatable bonds is 2. The highest BCUT2D eigenvalue weighted by Crippen LogP contribution is 2.31. The van der Waals surface area contributed by atoms with Crippen LogP contribution < -0.4 is 5.32 Å². The van der Waals surface area contributed by atoms with Crippen molar-refractivity contribution >= 4 is 44.4 Å². The van der Waals surface area contributed by atoms with E-state index in [1.807, 2.05) is 24.3 Å². The first-order valence-corrected chi connectivity index (χ1v) is 8.54. The molecule has 0 bridgehead atoms. The Hall–Kier alpha value is -2.12.